The summed E-state index contributed by atoms with van der Waals surface area (Å²) in [5.41, 5.74) is 2.61. The molecule has 1 heterocycles. The van der Waals surface area contributed by atoms with Gasteiger partial charge < -0.3 is 27.0 Å². The van der Waals surface area contributed by atoms with Crippen LogP contribution in [0.25, 0.3) is 0 Å². The van der Waals surface area contributed by atoms with E-state index in [1.54, 1.807) is 11.3 Å². The van der Waals surface area contributed by atoms with Gasteiger partial charge >= 0.3 is 0 Å². The number of anilines is 1. The van der Waals surface area contributed by atoms with Crippen LogP contribution in [0, 0.1) is 6.92 Å². The quantitative estimate of drug-likeness (QED) is 0.150. The van der Waals surface area contributed by atoms with Gasteiger partial charge in [-0.05, 0) is 36.8 Å². The fourth-order valence-electron chi connectivity index (χ4n) is 4.49. The monoisotopic (exact) mass is 600 g/mol. The minimum atomic E-state index is -0.119. The SMILES string of the molecule is CCCCCCCCCCCCCCOc1cccc(C(=O)Nc2ccc(C[n+]3ccsc3C)cc2)c1.[Br-]. The van der Waals surface area contributed by atoms with Crippen LogP contribution in [-0.4, -0.2) is 12.5 Å². The third kappa shape index (κ3) is 12.1. The van der Waals surface area contributed by atoms with Gasteiger partial charge in [-0.2, -0.15) is 4.57 Å². The fraction of sp³-hybridized carbons (Fsp3) is 0.500. The Morgan fingerprint density at radius 3 is 2.11 bits per heavy atom. The Morgan fingerprint density at radius 1 is 0.868 bits per heavy atom. The van der Waals surface area contributed by atoms with Crippen LogP contribution in [0.1, 0.15) is 105 Å². The van der Waals surface area contributed by atoms with E-state index < -0.39 is 0 Å². The van der Waals surface area contributed by atoms with Crippen molar-refractivity contribution in [3.05, 3.63) is 76.2 Å². The van der Waals surface area contributed by atoms with E-state index in [1.807, 2.05) is 36.4 Å². The standard InChI is InChI=1S/C32H44N2O2S.BrH/c1-3-4-5-6-7-8-9-10-11-12-13-14-23-36-31-17-15-16-29(25-31)32(35)33-30-20-18-28(19-21-30)26-34-22-24-37-27(34)2;/h15-22,24-25H,3-14,23,26H2,1-2H3;1H. The molecule has 0 saturated carbocycles. The number of hydrogen-bond donors (Lipinski definition) is 1. The summed E-state index contributed by atoms with van der Waals surface area (Å²) in [5.74, 6) is 0.640. The largest absolute Gasteiger partial charge is 1.00 e. The summed E-state index contributed by atoms with van der Waals surface area (Å²) in [6.45, 7) is 5.93. The average molecular weight is 602 g/mol. The average Bonchev–Trinajstić information content (AvgIpc) is 3.32. The van der Waals surface area contributed by atoms with E-state index in [0.29, 0.717) is 12.2 Å². The number of aromatic nitrogens is 1. The zero-order chi connectivity index (χ0) is 26.1. The second-order valence-corrected chi connectivity index (χ2v) is 11.1. The van der Waals surface area contributed by atoms with Crippen LogP contribution in [0.15, 0.2) is 60.1 Å². The molecule has 0 spiro atoms. The predicted molar refractivity (Wildman–Crippen MR) is 156 cm³/mol. The number of amides is 1. The number of thiazole rings is 1. The van der Waals surface area contributed by atoms with Crippen LogP contribution in [-0.2, 0) is 6.54 Å². The molecule has 2 aromatic carbocycles. The molecule has 3 aromatic rings. The molecule has 0 fully saturated rings. The van der Waals surface area contributed by atoms with Crippen LogP contribution in [0.2, 0.25) is 0 Å². The van der Waals surface area contributed by atoms with Gasteiger partial charge in [0.05, 0.1) is 12.0 Å². The highest BCUT2D eigenvalue weighted by atomic mass is 79.9. The topological polar surface area (TPSA) is 42.2 Å². The minimum Gasteiger partial charge on any atom is -1.00 e. The van der Waals surface area contributed by atoms with Gasteiger partial charge in [0.25, 0.3) is 5.91 Å². The molecule has 0 atom stereocenters. The van der Waals surface area contributed by atoms with Gasteiger partial charge in [-0.25, -0.2) is 0 Å². The Morgan fingerprint density at radius 2 is 1.50 bits per heavy atom. The number of carbonyl (C=O) groups is 1. The van der Waals surface area contributed by atoms with E-state index in [0.717, 1.165) is 24.4 Å². The van der Waals surface area contributed by atoms with Crippen LogP contribution in [0.5, 0.6) is 5.75 Å². The molecular weight excluding hydrogens is 556 g/mol. The smallest absolute Gasteiger partial charge is 0.255 e. The Kier molecular flexibility index (Phi) is 16.0. The molecular formula is C32H45BrN2O2S. The van der Waals surface area contributed by atoms with E-state index in [2.05, 4.69) is 47.4 Å². The number of halogens is 1. The van der Waals surface area contributed by atoms with Crippen LogP contribution >= 0.6 is 11.3 Å². The third-order valence-electron chi connectivity index (χ3n) is 6.81. The second kappa shape index (κ2) is 19.0. The number of aryl methyl sites for hydroxylation is 1. The van der Waals surface area contributed by atoms with Crippen molar-refractivity contribution in [2.24, 2.45) is 0 Å². The third-order valence-corrected chi connectivity index (χ3v) is 7.64. The van der Waals surface area contributed by atoms with Gasteiger partial charge in [0.15, 0.2) is 12.7 Å². The maximum Gasteiger partial charge on any atom is 0.255 e. The van der Waals surface area contributed by atoms with Crippen molar-refractivity contribution in [3.63, 3.8) is 0 Å². The predicted octanol–water partition coefficient (Wildman–Crippen LogP) is 5.73. The van der Waals surface area contributed by atoms with Crippen LogP contribution < -0.4 is 31.6 Å². The van der Waals surface area contributed by atoms with Gasteiger partial charge in [-0.15, -0.1) is 0 Å². The molecule has 0 unspecified atom stereocenters. The number of rotatable bonds is 18. The maximum absolute atomic E-state index is 12.8. The lowest BCUT2D eigenvalue weighted by atomic mass is 10.1. The van der Waals surface area contributed by atoms with E-state index in [-0.39, 0.29) is 22.9 Å². The molecule has 0 bridgehead atoms. The number of benzene rings is 2. The highest BCUT2D eigenvalue weighted by molar-refractivity contribution is 7.09. The summed E-state index contributed by atoms with van der Waals surface area (Å²) in [5, 5.41) is 6.37. The minimum absolute atomic E-state index is 0. The number of unbranched alkanes of at least 4 members (excludes halogenated alkanes) is 11. The number of carbonyl (C=O) groups excluding carboxylic acids is 1. The summed E-state index contributed by atoms with van der Waals surface area (Å²) < 4.78 is 8.16. The number of nitrogens with one attached hydrogen (secondary N) is 1. The zero-order valence-electron chi connectivity index (χ0n) is 23.2. The molecule has 208 valence electrons. The van der Waals surface area contributed by atoms with Crippen molar-refractivity contribution in [2.75, 3.05) is 11.9 Å². The summed E-state index contributed by atoms with van der Waals surface area (Å²) in [7, 11) is 0. The Labute approximate surface area is 244 Å². The van der Waals surface area contributed by atoms with E-state index >= 15 is 0 Å². The van der Waals surface area contributed by atoms with Gasteiger partial charge in [-0.1, -0.05) is 107 Å². The fourth-order valence-corrected chi connectivity index (χ4v) is 5.16. The number of nitrogens with zero attached hydrogens (tertiary/aromatic N) is 1. The number of hydrogen-bond acceptors (Lipinski definition) is 3. The molecule has 1 amide bonds. The molecule has 0 aliphatic heterocycles. The molecule has 1 N–H and O–H groups in total. The highest BCUT2D eigenvalue weighted by Gasteiger charge is 2.10. The Hall–Kier alpha value is -2.18. The van der Waals surface area contributed by atoms with Crippen molar-refractivity contribution in [1.82, 2.24) is 0 Å². The molecule has 0 saturated heterocycles. The number of ether oxygens (including phenoxy) is 1. The Bertz CT molecular complexity index is 1050. The normalized spacial score (nSPS) is 10.7. The molecule has 0 radical (unpaired) electrons. The first kappa shape index (κ1) is 32.0. The maximum atomic E-state index is 12.8. The summed E-state index contributed by atoms with van der Waals surface area (Å²) in [6.07, 6.45) is 18.1. The van der Waals surface area contributed by atoms with Crippen molar-refractivity contribution in [3.8, 4) is 5.75 Å². The molecule has 6 heteroatoms. The lowest BCUT2D eigenvalue weighted by Crippen LogP contribution is -3.00. The van der Waals surface area contributed by atoms with Crippen molar-refractivity contribution in [2.45, 2.75) is 97.4 Å². The van der Waals surface area contributed by atoms with Crippen LogP contribution in [0.3, 0.4) is 0 Å². The first-order chi connectivity index (χ1) is 18.2. The molecule has 1 aromatic heterocycles. The lowest BCUT2D eigenvalue weighted by Gasteiger charge is -2.09. The second-order valence-electron chi connectivity index (χ2n) is 9.97. The summed E-state index contributed by atoms with van der Waals surface area (Å²) >= 11 is 1.74. The van der Waals surface area contributed by atoms with Gasteiger partial charge in [-0.3, -0.25) is 4.79 Å². The van der Waals surface area contributed by atoms with E-state index in [4.69, 9.17) is 4.74 Å². The highest BCUT2D eigenvalue weighted by Crippen LogP contribution is 2.17. The molecule has 38 heavy (non-hydrogen) atoms. The molecule has 4 nitrogen and oxygen atoms in total. The summed E-state index contributed by atoms with van der Waals surface area (Å²) in [4.78, 5) is 12.8. The van der Waals surface area contributed by atoms with Crippen molar-refractivity contribution in [1.29, 1.82) is 0 Å². The van der Waals surface area contributed by atoms with Crippen molar-refractivity contribution < 1.29 is 31.1 Å². The van der Waals surface area contributed by atoms with Gasteiger partial charge in [0.1, 0.15) is 5.75 Å². The van der Waals surface area contributed by atoms with Gasteiger partial charge in [0, 0.05) is 23.7 Å². The molecule has 0 aliphatic rings. The molecule has 3 rings (SSSR count). The zero-order valence-corrected chi connectivity index (χ0v) is 25.6. The Balaban J connectivity index is 0.00000507. The van der Waals surface area contributed by atoms with Crippen LogP contribution in [0.4, 0.5) is 5.69 Å². The lowest BCUT2D eigenvalue weighted by molar-refractivity contribution is -0.689. The first-order valence-electron chi connectivity index (χ1n) is 14.2. The van der Waals surface area contributed by atoms with E-state index in [9.17, 15) is 4.79 Å². The van der Waals surface area contributed by atoms with E-state index in [1.165, 1.54) is 81.2 Å². The summed E-state index contributed by atoms with van der Waals surface area (Å²) in [6, 6.07) is 15.5. The van der Waals surface area contributed by atoms with Gasteiger partial charge in [0.2, 0.25) is 5.01 Å². The molecule has 0 aliphatic carbocycles. The van der Waals surface area contributed by atoms with Crippen molar-refractivity contribution >= 4 is 22.9 Å². The first-order valence-corrected chi connectivity index (χ1v) is 15.1.